The average Bonchev–Trinajstić information content (AvgIpc) is 2.13. The molecule has 1 rings (SSSR count). The van der Waals surface area contributed by atoms with Crippen molar-refractivity contribution in [3.8, 4) is 0 Å². The Hall–Kier alpha value is -1.03. The van der Waals surface area contributed by atoms with E-state index in [1.807, 2.05) is 13.8 Å². The molecule has 0 saturated carbocycles. The lowest BCUT2D eigenvalue weighted by Gasteiger charge is -2.35. The first-order chi connectivity index (χ1) is 7.42. The van der Waals surface area contributed by atoms with E-state index in [2.05, 4.69) is 11.9 Å². The minimum Gasteiger partial charge on any atom is -0.319 e. The first kappa shape index (κ1) is 13.0. The topological polar surface area (TPSA) is 46.2 Å². The number of hydrogen-bond donors (Lipinski definition) is 1. The summed E-state index contributed by atoms with van der Waals surface area (Å²) in [6.45, 7) is 7.63. The maximum atomic E-state index is 12.1. The molecule has 0 aromatic heterocycles. The third kappa shape index (κ3) is 2.38. The van der Waals surface area contributed by atoms with E-state index >= 15 is 0 Å². The quantitative estimate of drug-likeness (QED) is 0.464. The number of piperidine rings is 1. The van der Waals surface area contributed by atoms with E-state index in [0.717, 1.165) is 0 Å². The number of Topliss-reactive ketones (excluding diaryl/α,β-unsaturated/α-hetero) is 1. The third-order valence-corrected chi connectivity index (χ3v) is 3.04. The fourth-order valence-electron chi connectivity index (χ4n) is 2.17. The van der Waals surface area contributed by atoms with Crippen LogP contribution in [0.4, 0.5) is 0 Å². The molecule has 88 valence electrons. The number of ketones is 1. The van der Waals surface area contributed by atoms with E-state index in [-0.39, 0.29) is 24.0 Å². The maximum absolute atomic E-state index is 12.1. The Morgan fingerprint density at radius 1 is 1.56 bits per heavy atom. The lowest BCUT2D eigenvalue weighted by atomic mass is 9.70. The fraction of sp³-hybridized carbons (Fsp3) is 0.583. The summed E-state index contributed by atoms with van der Waals surface area (Å²) >= 11 is 4.88. The molecule has 1 heterocycles. The van der Waals surface area contributed by atoms with Crippen molar-refractivity contribution in [2.45, 2.75) is 33.1 Å². The minimum absolute atomic E-state index is 0.0742. The highest BCUT2D eigenvalue weighted by molar-refractivity contribution is 7.80. The first-order valence-electron chi connectivity index (χ1n) is 5.41. The number of carbonyl (C=O) groups excluding carboxylic acids is 2. The Kier molecular flexibility index (Phi) is 3.97. The van der Waals surface area contributed by atoms with E-state index < -0.39 is 5.41 Å². The first-order valence-corrected chi connectivity index (χ1v) is 5.81. The normalized spacial score (nSPS) is 25.8. The highest BCUT2D eigenvalue weighted by atomic mass is 32.1. The van der Waals surface area contributed by atoms with Crippen molar-refractivity contribution in [2.75, 3.05) is 0 Å². The number of rotatable bonds is 4. The molecule has 0 aliphatic carbocycles. The zero-order valence-corrected chi connectivity index (χ0v) is 10.5. The van der Waals surface area contributed by atoms with Crippen LogP contribution in [-0.4, -0.2) is 16.7 Å². The zero-order chi connectivity index (χ0) is 12.3. The minimum atomic E-state index is -0.946. The summed E-state index contributed by atoms with van der Waals surface area (Å²) in [7, 11) is 0. The van der Waals surface area contributed by atoms with Gasteiger partial charge in [0.1, 0.15) is 5.41 Å². The third-order valence-electron chi connectivity index (χ3n) is 2.79. The van der Waals surface area contributed by atoms with Gasteiger partial charge in [0.2, 0.25) is 5.91 Å². The second kappa shape index (κ2) is 4.87. The van der Waals surface area contributed by atoms with Gasteiger partial charge < -0.3 is 5.32 Å². The van der Waals surface area contributed by atoms with Crippen molar-refractivity contribution in [1.29, 1.82) is 0 Å². The van der Waals surface area contributed by atoms with Gasteiger partial charge in [-0.1, -0.05) is 32.1 Å². The van der Waals surface area contributed by atoms with Crippen LogP contribution >= 0.6 is 12.2 Å². The summed E-state index contributed by atoms with van der Waals surface area (Å²) in [5.74, 6) is -0.0569. The van der Waals surface area contributed by atoms with Crippen molar-refractivity contribution in [3.05, 3.63) is 12.7 Å². The van der Waals surface area contributed by atoms with Gasteiger partial charge in [-0.2, -0.15) is 0 Å². The monoisotopic (exact) mass is 239 g/mol. The highest BCUT2D eigenvalue weighted by Crippen LogP contribution is 2.35. The van der Waals surface area contributed by atoms with Crippen molar-refractivity contribution in [1.82, 2.24) is 5.32 Å². The van der Waals surface area contributed by atoms with E-state index in [1.54, 1.807) is 6.08 Å². The summed E-state index contributed by atoms with van der Waals surface area (Å²) in [5.41, 5.74) is -0.946. The van der Waals surface area contributed by atoms with Gasteiger partial charge in [-0.15, -0.1) is 6.58 Å². The highest BCUT2D eigenvalue weighted by Gasteiger charge is 2.47. The van der Waals surface area contributed by atoms with Gasteiger partial charge in [0.15, 0.2) is 5.78 Å². The van der Waals surface area contributed by atoms with Gasteiger partial charge in [0.05, 0.1) is 11.4 Å². The molecule has 1 atom stereocenters. The number of amides is 1. The summed E-state index contributed by atoms with van der Waals surface area (Å²) in [6.07, 6.45) is 2.74. The largest absolute Gasteiger partial charge is 0.319 e. The Morgan fingerprint density at radius 3 is 2.62 bits per heavy atom. The van der Waals surface area contributed by atoms with Crippen LogP contribution in [0.2, 0.25) is 0 Å². The standard InChI is InChI=1S/C12H17NO2S/c1-4-5-12(7-8(2)3)9(14)6-10(16)13-11(12)15/h4,8H,1,5-7H2,2-3H3,(H,13,15,16). The molecule has 1 fully saturated rings. The number of hydrogen-bond acceptors (Lipinski definition) is 3. The Balaban J connectivity index is 3.05. The molecule has 0 spiro atoms. The summed E-state index contributed by atoms with van der Waals surface area (Å²) in [6, 6.07) is 0. The lowest BCUT2D eigenvalue weighted by Crippen LogP contribution is -2.54. The summed E-state index contributed by atoms with van der Waals surface area (Å²) < 4.78 is 0. The van der Waals surface area contributed by atoms with Gasteiger partial charge in [0, 0.05) is 0 Å². The number of allylic oxidation sites excluding steroid dienone is 1. The van der Waals surface area contributed by atoms with Crippen LogP contribution in [0.5, 0.6) is 0 Å². The zero-order valence-electron chi connectivity index (χ0n) is 9.71. The molecule has 0 aromatic rings. The molecule has 1 unspecified atom stereocenters. The van der Waals surface area contributed by atoms with Crippen LogP contribution in [0.15, 0.2) is 12.7 Å². The van der Waals surface area contributed by atoms with E-state index in [9.17, 15) is 9.59 Å². The van der Waals surface area contributed by atoms with Crippen molar-refractivity contribution in [3.63, 3.8) is 0 Å². The van der Waals surface area contributed by atoms with Crippen LogP contribution < -0.4 is 5.32 Å². The molecule has 3 nitrogen and oxygen atoms in total. The molecule has 16 heavy (non-hydrogen) atoms. The molecule has 0 bridgehead atoms. The fourth-order valence-corrected chi connectivity index (χ4v) is 2.40. The Labute approximate surface area is 101 Å². The SMILES string of the molecule is C=CCC1(CC(C)C)C(=O)CC(=S)NC1=O. The molecule has 0 radical (unpaired) electrons. The number of thiocarbonyl (C=S) groups is 1. The molecule has 1 amide bonds. The van der Waals surface area contributed by atoms with Gasteiger partial charge >= 0.3 is 0 Å². The van der Waals surface area contributed by atoms with Crippen LogP contribution in [0.3, 0.4) is 0 Å². The predicted molar refractivity (Wildman–Crippen MR) is 67.1 cm³/mol. The second-order valence-electron chi connectivity index (χ2n) is 4.65. The molecule has 1 saturated heterocycles. The molecule has 4 heteroatoms. The summed E-state index contributed by atoms with van der Waals surface area (Å²) in [5, 5.41) is 2.61. The van der Waals surface area contributed by atoms with E-state index in [4.69, 9.17) is 12.2 Å². The smallest absolute Gasteiger partial charge is 0.238 e. The van der Waals surface area contributed by atoms with E-state index in [1.165, 1.54) is 0 Å². The molecule has 1 aliphatic heterocycles. The van der Waals surface area contributed by atoms with Crippen molar-refractivity contribution < 1.29 is 9.59 Å². The van der Waals surface area contributed by atoms with Crippen LogP contribution in [0.1, 0.15) is 33.1 Å². The van der Waals surface area contributed by atoms with E-state index in [0.29, 0.717) is 17.8 Å². The molecule has 1 N–H and O–H groups in total. The second-order valence-corrected chi connectivity index (χ2v) is 5.14. The van der Waals surface area contributed by atoms with Gasteiger partial charge in [-0.25, -0.2) is 0 Å². The van der Waals surface area contributed by atoms with Crippen LogP contribution in [0, 0.1) is 11.3 Å². The van der Waals surface area contributed by atoms with Crippen LogP contribution in [0.25, 0.3) is 0 Å². The van der Waals surface area contributed by atoms with Crippen molar-refractivity contribution >= 4 is 28.9 Å². The van der Waals surface area contributed by atoms with Crippen molar-refractivity contribution in [2.24, 2.45) is 11.3 Å². The van der Waals surface area contributed by atoms with Crippen LogP contribution in [-0.2, 0) is 9.59 Å². The molecular weight excluding hydrogens is 222 g/mol. The van der Waals surface area contributed by atoms with Gasteiger partial charge in [-0.05, 0) is 18.8 Å². The molecule has 1 aliphatic rings. The van der Waals surface area contributed by atoms with Gasteiger partial charge in [-0.3, -0.25) is 9.59 Å². The Morgan fingerprint density at radius 2 is 2.19 bits per heavy atom. The lowest BCUT2D eigenvalue weighted by molar-refractivity contribution is -0.143. The predicted octanol–water partition coefficient (Wildman–Crippen LogP) is 2.01. The summed E-state index contributed by atoms with van der Waals surface area (Å²) in [4.78, 5) is 24.4. The molecule has 0 aromatic carbocycles. The maximum Gasteiger partial charge on any atom is 0.238 e. The Bertz CT molecular complexity index is 327. The van der Waals surface area contributed by atoms with Gasteiger partial charge in [0.25, 0.3) is 0 Å². The molecular formula is C12H17NO2S. The average molecular weight is 239 g/mol. The number of carbonyl (C=O) groups is 2. The number of nitrogens with one attached hydrogen (secondary N) is 1.